The highest BCUT2D eigenvalue weighted by Crippen LogP contribution is 2.24. The second kappa shape index (κ2) is 10.7. The first-order valence-corrected chi connectivity index (χ1v) is 11.5. The Hall–Kier alpha value is -3.07. The normalized spacial score (nSPS) is 17.6. The minimum atomic E-state index is 0.229. The molecule has 2 aliphatic rings. The van der Waals surface area contributed by atoms with E-state index in [-0.39, 0.29) is 6.10 Å². The maximum atomic E-state index is 6.07. The van der Waals surface area contributed by atoms with Gasteiger partial charge in [0.25, 0.3) is 0 Å². The van der Waals surface area contributed by atoms with Crippen LogP contribution in [0.25, 0.3) is 11.3 Å². The number of pyridine rings is 1. The van der Waals surface area contributed by atoms with Gasteiger partial charge in [-0.05, 0) is 42.0 Å². The maximum absolute atomic E-state index is 6.07. The molecule has 1 N–H and O–H groups in total. The largest absolute Gasteiger partial charge is 0.490 e. The van der Waals surface area contributed by atoms with E-state index in [0.717, 1.165) is 87.2 Å². The molecule has 0 aliphatic carbocycles. The summed E-state index contributed by atoms with van der Waals surface area (Å²) >= 11 is 0. The van der Waals surface area contributed by atoms with Crippen molar-refractivity contribution >= 4 is 11.6 Å². The van der Waals surface area contributed by atoms with Crippen molar-refractivity contribution in [3.05, 3.63) is 60.6 Å². The Balaban J connectivity index is 1.23. The molecule has 0 unspecified atom stereocenters. The molecule has 0 amide bonds. The van der Waals surface area contributed by atoms with E-state index in [1.54, 1.807) is 12.4 Å². The monoisotopic (exact) mass is 447 g/mol. The van der Waals surface area contributed by atoms with Crippen LogP contribution in [0.3, 0.4) is 0 Å². The summed E-state index contributed by atoms with van der Waals surface area (Å²) in [5.41, 5.74) is 3.89. The molecule has 2 fully saturated rings. The van der Waals surface area contributed by atoms with Gasteiger partial charge in [-0.3, -0.25) is 9.88 Å². The molecule has 2 aromatic heterocycles. The number of morpholine rings is 1. The predicted octanol–water partition coefficient (Wildman–Crippen LogP) is 3.67. The Morgan fingerprint density at radius 2 is 1.76 bits per heavy atom. The molecule has 8 heteroatoms. The molecule has 5 rings (SSSR count). The minimum absolute atomic E-state index is 0.229. The average molecular weight is 448 g/mol. The summed E-state index contributed by atoms with van der Waals surface area (Å²) in [6, 6.07) is 12.1. The van der Waals surface area contributed by atoms with Gasteiger partial charge in [0.15, 0.2) is 0 Å². The fraction of sp³-hybridized carbons (Fsp3) is 0.400. The van der Waals surface area contributed by atoms with Gasteiger partial charge in [-0.25, -0.2) is 9.97 Å². The molecule has 8 nitrogen and oxygen atoms in total. The first-order valence-electron chi connectivity index (χ1n) is 11.5. The summed E-state index contributed by atoms with van der Waals surface area (Å²) in [7, 11) is 0. The number of hydrogen-bond acceptors (Lipinski definition) is 8. The molecule has 33 heavy (non-hydrogen) atoms. The van der Waals surface area contributed by atoms with E-state index in [9.17, 15) is 0 Å². The molecule has 1 aromatic carbocycles. The SMILES string of the molecule is c1cc(-c2ccc(OC3CCOCC3)cc2)nc(Nc2cncc(CN3CCOCC3)c2)n1. The standard InChI is InChI=1S/C25H29N5O3/c1-3-22(33-23-6-11-31-12-7-23)4-2-20(1)24-5-8-27-25(29-24)28-21-15-19(16-26-17-21)18-30-9-13-32-14-10-30/h1-5,8,15-17,23H,6-7,9-14,18H2,(H,27,28,29). The molecular weight excluding hydrogens is 418 g/mol. The van der Waals surface area contributed by atoms with Crippen LogP contribution in [-0.4, -0.2) is 65.5 Å². The van der Waals surface area contributed by atoms with Gasteiger partial charge < -0.3 is 19.5 Å². The molecule has 172 valence electrons. The zero-order valence-electron chi connectivity index (χ0n) is 18.7. The van der Waals surface area contributed by atoms with E-state index in [0.29, 0.717) is 5.95 Å². The molecular formula is C25H29N5O3. The second-order valence-electron chi connectivity index (χ2n) is 8.31. The predicted molar refractivity (Wildman–Crippen MR) is 126 cm³/mol. The van der Waals surface area contributed by atoms with Crippen LogP contribution in [0.2, 0.25) is 0 Å². The number of rotatable bonds is 7. The third kappa shape index (κ3) is 6.04. The van der Waals surface area contributed by atoms with Gasteiger partial charge in [0.2, 0.25) is 5.95 Å². The Labute approximate surface area is 193 Å². The number of benzene rings is 1. The van der Waals surface area contributed by atoms with Crippen molar-refractivity contribution in [1.82, 2.24) is 19.9 Å². The fourth-order valence-electron chi connectivity index (χ4n) is 4.06. The zero-order valence-corrected chi connectivity index (χ0v) is 18.7. The second-order valence-corrected chi connectivity index (χ2v) is 8.31. The number of aromatic nitrogens is 3. The van der Waals surface area contributed by atoms with E-state index in [2.05, 4.69) is 26.3 Å². The lowest BCUT2D eigenvalue weighted by atomic mass is 10.1. The van der Waals surface area contributed by atoms with Crippen LogP contribution in [0.4, 0.5) is 11.6 Å². The van der Waals surface area contributed by atoms with Crippen LogP contribution in [0.5, 0.6) is 5.75 Å². The van der Waals surface area contributed by atoms with Crippen LogP contribution in [0, 0.1) is 0 Å². The topological polar surface area (TPSA) is 81.6 Å². The van der Waals surface area contributed by atoms with Crippen molar-refractivity contribution in [2.24, 2.45) is 0 Å². The average Bonchev–Trinajstić information content (AvgIpc) is 2.86. The molecule has 2 aliphatic heterocycles. The Morgan fingerprint density at radius 1 is 0.970 bits per heavy atom. The molecule has 0 atom stereocenters. The van der Waals surface area contributed by atoms with Gasteiger partial charge in [-0.2, -0.15) is 0 Å². The number of nitrogens with zero attached hydrogens (tertiary/aromatic N) is 4. The van der Waals surface area contributed by atoms with Gasteiger partial charge in [0.1, 0.15) is 11.9 Å². The molecule has 3 aromatic rings. The van der Waals surface area contributed by atoms with E-state index >= 15 is 0 Å². The highest BCUT2D eigenvalue weighted by Gasteiger charge is 2.15. The van der Waals surface area contributed by atoms with Crippen LogP contribution >= 0.6 is 0 Å². The highest BCUT2D eigenvalue weighted by atomic mass is 16.5. The number of anilines is 2. The van der Waals surface area contributed by atoms with Gasteiger partial charge in [0.05, 0.1) is 44.0 Å². The molecule has 0 bridgehead atoms. The van der Waals surface area contributed by atoms with Crippen LogP contribution in [0.1, 0.15) is 18.4 Å². The van der Waals surface area contributed by atoms with Gasteiger partial charge in [-0.15, -0.1) is 0 Å². The van der Waals surface area contributed by atoms with Crippen molar-refractivity contribution in [2.45, 2.75) is 25.5 Å². The summed E-state index contributed by atoms with van der Waals surface area (Å²) in [6.07, 6.45) is 7.56. The molecule has 2 saturated heterocycles. The van der Waals surface area contributed by atoms with Crippen molar-refractivity contribution in [3.63, 3.8) is 0 Å². The minimum Gasteiger partial charge on any atom is -0.490 e. The van der Waals surface area contributed by atoms with E-state index < -0.39 is 0 Å². The Bertz CT molecular complexity index is 1030. The fourth-order valence-corrected chi connectivity index (χ4v) is 4.06. The third-order valence-corrected chi connectivity index (χ3v) is 5.84. The van der Waals surface area contributed by atoms with E-state index in [1.165, 1.54) is 0 Å². The summed E-state index contributed by atoms with van der Waals surface area (Å²) in [4.78, 5) is 15.8. The molecule has 0 saturated carbocycles. The zero-order chi connectivity index (χ0) is 22.3. The van der Waals surface area contributed by atoms with Crippen LogP contribution < -0.4 is 10.1 Å². The van der Waals surface area contributed by atoms with Crippen molar-refractivity contribution in [2.75, 3.05) is 44.8 Å². The third-order valence-electron chi connectivity index (χ3n) is 5.84. The number of hydrogen-bond donors (Lipinski definition) is 1. The molecule has 0 spiro atoms. The maximum Gasteiger partial charge on any atom is 0.227 e. The first kappa shape index (κ1) is 21.8. The van der Waals surface area contributed by atoms with Crippen molar-refractivity contribution in [1.29, 1.82) is 0 Å². The van der Waals surface area contributed by atoms with Crippen LogP contribution in [0.15, 0.2) is 55.0 Å². The molecule has 4 heterocycles. The summed E-state index contributed by atoms with van der Waals surface area (Å²) in [5, 5.41) is 3.29. The lowest BCUT2D eigenvalue weighted by Crippen LogP contribution is -2.35. The summed E-state index contributed by atoms with van der Waals surface area (Å²) in [5.74, 6) is 1.42. The van der Waals surface area contributed by atoms with Gasteiger partial charge >= 0.3 is 0 Å². The van der Waals surface area contributed by atoms with Gasteiger partial charge in [-0.1, -0.05) is 0 Å². The van der Waals surface area contributed by atoms with Gasteiger partial charge in [0, 0.05) is 50.4 Å². The summed E-state index contributed by atoms with van der Waals surface area (Å²) in [6.45, 7) is 5.86. The van der Waals surface area contributed by atoms with Crippen LogP contribution in [-0.2, 0) is 16.0 Å². The summed E-state index contributed by atoms with van der Waals surface area (Å²) < 4.78 is 16.9. The number of ether oxygens (including phenoxy) is 3. The van der Waals surface area contributed by atoms with E-state index in [4.69, 9.17) is 19.2 Å². The number of nitrogens with one attached hydrogen (secondary N) is 1. The lowest BCUT2D eigenvalue weighted by Gasteiger charge is -2.26. The lowest BCUT2D eigenvalue weighted by molar-refractivity contribution is 0.0256. The quantitative estimate of drug-likeness (QED) is 0.588. The molecule has 0 radical (unpaired) electrons. The van der Waals surface area contributed by atoms with E-state index in [1.807, 2.05) is 36.5 Å². The Morgan fingerprint density at radius 3 is 2.58 bits per heavy atom. The van der Waals surface area contributed by atoms with Crippen molar-refractivity contribution in [3.8, 4) is 17.0 Å². The first-order chi connectivity index (χ1) is 16.3. The highest BCUT2D eigenvalue weighted by molar-refractivity contribution is 5.62. The smallest absolute Gasteiger partial charge is 0.227 e. The van der Waals surface area contributed by atoms with Crippen molar-refractivity contribution < 1.29 is 14.2 Å². The Kier molecular flexibility index (Phi) is 7.05.